The van der Waals surface area contributed by atoms with Gasteiger partial charge in [0.05, 0.1) is 14.9 Å². The van der Waals surface area contributed by atoms with Crippen molar-refractivity contribution in [1.29, 1.82) is 0 Å². The first-order valence-corrected chi connectivity index (χ1v) is 9.58. The third-order valence-corrected chi connectivity index (χ3v) is 6.30. The number of likely N-dealkylation sites (N-methyl/N-ethyl adjacent to an activating group) is 1. The van der Waals surface area contributed by atoms with Crippen molar-refractivity contribution in [3.8, 4) is 0 Å². The van der Waals surface area contributed by atoms with Gasteiger partial charge >= 0.3 is 0 Å². The van der Waals surface area contributed by atoms with Gasteiger partial charge in [-0.25, -0.2) is 9.97 Å². The predicted molar refractivity (Wildman–Crippen MR) is 103 cm³/mol. The molecule has 0 amide bonds. The minimum Gasteiger partial charge on any atom is -0.339 e. The Bertz CT molecular complexity index is 905. The van der Waals surface area contributed by atoms with E-state index in [1.165, 1.54) is 11.8 Å². The zero-order valence-corrected chi connectivity index (χ0v) is 16.0. The van der Waals surface area contributed by atoms with E-state index in [9.17, 15) is 0 Å². The standard InChI is InChI=1S/C17H17Cl2N5S/c1-22-7-9-23(10-8-22)17-21-11-14(16-20-5-6-24(16)17)25-13-4-2-3-12(18)15(13)19/h2-6,11H,7-10H2,1H3. The molecule has 0 aliphatic carbocycles. The molecular weight excluding hydrogens is 377 g/mol. The Morgan fingerprint density at radius 3 is 2.64 bits per heavy atom. The molecule has 1 fully saturated rings. The molecule has 0 N–H and O–H groups in total. The number of piperazine rings is 1. The number of nitrogens with zero attached hydrogens (tertiary/aromatic N) is 5. The molecule has 130 valence electrons. The monoisotopic (exact) mass is 393 g/mol. The highest BCUT2D eigenvalue weighted by Gasteiger charge is 2.19. The molecule has 1 saturated heterocycles. The minimum atomic E-state index is 0.549. The molecule has 3 aromatic rings. The average Bonchev–Trinajstić information content (AvgIpc) is 3.10. The summed E-state index contributed by atoms with van der Waals surface area (Å²) in [5.74, 6) is 0.933. The normalized spacial score (nSPS) is 15.9. The summed E-state index contributed by atoms with van der Waals surface area (Å²) in [7, 11) is 2.14. The predicted octanol–water partition coefficient (Wildman–Crippen LogP) is 3.94. The fraction of sp³-hybridized carbons (Fsp3) is 0.294. The van der Waals surface area contributed by atoms with E-state index in [1.54, 1.807) is 12.3 Å². The highest BCUT2D eigenvalue weighted by Crippen LogP contribution is 2.38. The maximum absolute atomic E-state index is 6.32. The molecule has 1 aliphatic heterocycles. The lowest BCUT2D eigenvalue weighted by atomic mass is 10.3. The summed E-state index contributed by atoms with van der Waals surface area (Å²) in [6.07, 6.45) is 5.64. The number of anilines is 1. The van der Waals surface area contributed by atoms with Crippen LogP contribution < -0.4 is 4.90 Å². The number of hydrogen-bond acceptors (Lipinski definition) is 5. The summed E-state index contributed by atoms with van der Waals surface area (Å²) < 4.78 is 2.05. The van der Waals surface area contributed by atoms with Gasteiger partial charge in [-0.15, -0.1) is 0 Å². The van der Waals surface area contributed by atoms with E-state index in [0.717, 1.165) is 47.6 Å². The van der Waals surface area contributed by atoms with Crippen molar-refractivity contribution in [2.75, 3.05) is 38.1 Å². The summed E-state index contributed by atoms with van der Waals surface area (Å²) in [5, 5.41) is 1.11. The Balaban J connectivity index is 1.69. The average molecular weight is 394 g/mol. The highest BCUT2D eigenvalue weighted by atomic mass is 35.5. The maximum atomic E-state index is 6.32. The number of aromatic nitrogens is 3. The summed E-state index contributed by atoms with van der Waals surface area (Å²) in [6, 6.07) is 5.63. The lowest BCUT2D eigenvalue weighted by molar-refractivity contribution is 0.310. The van der Waals surface area contributed by atoms with Crippen molar-refractivity contribution in [3.05, 3.63) is 46.8 Å². The van der Waals surface area contributed by atoms with Crippen molar-refractivity contribution >= 4 is 46.6 Å². The molecule has 0 bridgehead atoms. The Kier molecular flexibility index (Phi) is 4.78. The van der Waals surface area contributed by atoms with Crippen molar-refractivity contribution in [3.63, 3.8) is 0 Å². The van der Waals surface area contributed by atoms with Gasteiger partial charge in [0.2, 0.25) is 5.95 Å². The summed E-state index contributed by atoms with van der Waals surface area (Å²) in [4.78, 5) is 15.7. The van der Waals surface area contributed by atoms with Gasteiger partial charge < -0.3 is 9.80 Å². The van der Waals surface area contributed by atoms with E-state index in [0.29, 0.717) is 10.0 Å². The van der Waals surface area contributed by atoms with E-state index in [-0.39, 0.29) is 0 Å². The Labute approximate surface area is 160 Å². The van der Waals surface area contributed by atoms with Gasteiger partial charge in [-0.2, -0.15) is 0 Å². The first kappa shape index (κ1) is 17.0. The minimum absolute atomic E-state index is 0.549. The molecule has 3 heterocycles. The molecule has 0 unspecified atom stereocenters. The van der Waals surface area contributed by atoms with Crippen molar-refractivity contribution in [2.24, 2.45) is 0 Å². The third kappa shape index (κ3) is 3.31. The second-order valence-corrected chi connectivity index (χ2v) is 7.86. The number of halogens is 2. The molecule has 0 saturated carbocycles. The van der Waals surface area contributed by atoms with Gasteiger partial charge in [0.15, 0.2) is 5.65 Å². The van der Waals surface area contributed by atoms with E-state index in [1.807, 2.05) is 28.9 Å². The molecule has 5 nitrogen and oxygen atoms in total. The molecule has 0 atom stereocenters. The largest absolute Gasteiger partial charge is 0.339 e. The first-order chi connectivity index (χ1) is 12.1. The topological polar surface area (TPSA) is 36.7 Å². The van der Waals surface area contributed by atoms with Crippen molar-refractivity contribution < 1.29 is 0 Å². The van der Waals surface area contributed by atoms with Gasteiger partial charge in [0.1, 0.15) is 0 Å². The highest BCUT2D eigenvalue weighted by molar-refractivity contribution is 7.99. The second-order valence-electron chi connectivity index (χ2n) is 5.99. The van der Waals surface area contributed by atoms with Crippen LogP contribution >= 0.6 is 35.0 Å². The van der Waals surface area contributed by atoms with Crippen molar-refractivity contribution in [1.82, 2.24) is 19.3 Å². The zero-order valence-electron chi connectivity index (χ0n) is 13.7. The van der Waals surface area contributed by atoms with Crippen LogP contribution in [0.1, 0.15) is 0 Å². The number of imidazole rings is 1. The van der Waals surface area contributed by atoms with Crippen molar-refractivity contribution in [2.45, 2.75) is 9.79 Å². The maximum Gasteiger partial charge on any atom is 0.211 e. The second kappa shape index (κ2) is 7.03. The van der Waals surface area contributed by atoms with E-state index in [2.05, 4.69) is 21.8 Å². The Hall–Kier alpha value is -1.47. The van der Waals surface area contributed by atoms with Crippen LogP contribution in [0, 0.1) is 0 Å². The number of hydrogen-bond donors (Lipinski definition) is 0. The van der Waals surface area contributed by atoms with Gasteiger partial charge in [-0.1, -0.05) is 41.0 Å². The van der Waals surface area contributed by atoms with Crippen LogP contribution in [-0.2, 0) is 0 Å². The van der Waals surface area contributed by atoms with Gasteiger partial charge in [0.25, 0.3) is 0 Å². The molecule has 1 aromatic carbocycles. The van der Waals surface area contributed by atoms with Crippen LogP contribution in [0.3, 0.4) is 0 Å². The third-order valence-electron chi connectivity index (χ3n) is 4.30. The van der Waals surface area contributed by atoms with Gasteiger partial charge in [-0.3, -0.25) is 4.40 Å². The molecule has 2 aromatic heterocycles. The first-order valence-electron chi connectivity index (χ1n) is 8.01. The summed E-state index contributed by atoms with van der Waals surface area (Å²) in [5.41, 5.74) is 0.880. The Morgan fingerprint density at radius 2 is 1.84 bits per heavy atom. The fourth-order valence-corrected chi connectivity index (χ4v) is 4.28. The van der Waals surface area contributed by atoms with E-state index < -0.39 is 0 Å². The number of rotatable bonds is 3. The van der Waals surface area contributed by atoms with Crippen LogP contribution in [0.2, 0.25) is 10.0 Å². The van der Waals surface area contributed by atoms with Crippen LogP contribution in [0.5, 0.6) is 0 Å². The molecule has 1 aliphatic rings. The molecule has 0 spiro atoms. The van der Waals surface area contributed by atoms with Crippen LogP contribution in [0.15, 0.2) is 46.6 Å². The van der Waals surface area contributed by atoms with E-state index >= 15 is 0 Å². The summed E-state index contributed by atoms with van der Waals surface area (Å²) in [6.45, 7) is 3.99. The number of benzene rings is 1. The SMILES string of the molecule is CN1CCN(c2ncc(Sc3cccc(Cl)c3Cl)c3nccn23)CC1. The molecule has 25 heavy (non-hydrogen) atoms. The molecular formula is C17H17Cl2N5S. The van der Waals surface area contributed by atoms with E-state index in [4.69, 9.17) is 28.2 Å². The lowest BCUT2D eigenvalue weighted by Crippen LogP contribution is -2.45. The molecule has 0 radical (unpaired) electrons. The molecule has 4 rings (SSSR count). The quantitative estimate of drug-likeness (QED) is 0.673. The van der Waals surface area contributed by atoms with Crippen LogP contribution in [0.25, 0.3) is 5.65 Å². The Morgan fingerprint density at radius 1 is 1.04 bits per heavy atom. The zero-order chi connectivity index (χ0) is 17.4. The summed E-state index contributed by atoms with van der Waals surface area (Å²) >= 11 is 14.0. The fourth-order valence-electron chi connectivity index (χ4n) is 2.88. The smallest absolute Gasteiger partial charge is 0.211 e. The van der Waals surface area contributed by atoms with Gasteiger partial charge in [0, 0.05) is 49.7 Å². The molecule has 8 heteroatoms. The number of fused-ring (bicyclic) bond motifs is 1. The van der Waals surface area contributed by atoms with Crippen LogP contribution in [0.4, 0.5) is 5.95 Å². The van der Waals surface area contributed by atoms with Gasteiger partial charge in [-0.05, 0) is 19.2 Å². The lowest BCUT2D eigenvalue weighted by Gasteiger charge is -2.33. The van der Waals surface area contributed by atoms with Crippen LogP contribution in [-0.4, -0.2) is 52.5 Å².